The Morgan fingerprint density at radius 1 is 0.444 bits per heavy atom. The summed E-state index contributed by atoms with van der Waals surface area (Å²) < 4.78 is 103. The van der Waals surface area contributed by atoms with E-state index in [0.29, 0.717) is 5.56 Å². The van der Waals surface area contributed by atoms with Crippen molar-refractivity contribution in [3.8, 4) is 22.3 Å². The van der Waals surface area contributed by atoms with Crippen molar-refractivity contribution in [2.24, 2.45) is 0 Å². The average molecular weight is 582 g/mol. The van der Waals surface area contributed by atoms with Crippen LogP contribution in [0.15, 0.2) is 162 Å². The second-order valence-corrected chi connectivity index (χ2v) is 11.2. The van der Waals surface area contributed by atoms with Crippen molar-refractivity contribution >= 4 is 75.8 Å². The summed E-state index contributed by atoms with van der Waals surface area (Å²) in [4.78, 5) is 0. The molecular formula is C44H26O. The molecule has 0 aliphatic carbocycles. The van der Waals surface area contributed by atoms with Gasteiger partial charge in [0.05, 0.1) is 15.1 Å². The van der Waals surface area contributed by atoms with Crippen LogP contribution in [-0.4, -0.2) is 0 Å². The van der Waals surface area contributed by atoms with E-state index in [9.17, 15) is 2.74 Å². The van der Waals surface area contributed by atoms with Gasteiger partial charge in [-0.2, -0.15) is 0 Å². The van der Waals surface area contributed by atoms with Crippen molar-refractivity contribution in [3.05, 3.63) is 157 Å². The highest BCUT2D eigenvalue weighted by Gasteiger charge is 2.16. The van der Waals surface area contributed by atoms with Crippen LogP contribution in [0.1, 0.15) is 15.1 Å². The molecule has 9 aromatic carbocycles. The third-order valence-electron chi connectivity index (χ3n) is 8.76. The first-order valence-electron chi connectivity index (χ1n) is 20.1. The summed E-state index contributed by atoms with van der Waals surface area (Å²) in [6.07, 6.45) is 0. The van der Waals surface area contributed by atoms with E-state index in [1.807, 2.05) is 48.5 Å². The highest BCUT2D eigenvalue weighted by molar-refractivity contribution is 6.21. The van der Waals surface area contributed by atoms with Gasteiger partial charge in [0, 0.05) is 16.2 Å². The zero-order valence-corrected chi connectivity index (χ0v) is 23.6. The van der Waals surface area contributed by atoms with E-state index in [4.69, 9.17) is 16.8 Å². The van der Waals surface area contributed by atoms with E-state index in [1.165, 1.54) is 0 Å². The minimum atomic E-state index is -0.580. The maximum absolute atomic E-state index is 9.36. The van der Waals surface area contributed by atoms with Crippen LogP contribution in [0, 0.1) is 0 Å². The Hall–Kier alpha value is -5.92. The molecule has 0 fully saturated rings. The van der Waals surface area contributed by atoms with E-state index in [0.717, 1.165) is 54.6 Å². The molecule has 1 aromatic heterocycles. The van der Waals surface area contributed by atoms with Crippen LogP contribution in [-0.2, 0) is 0 Å². The lowest BCUT2D eigenvalue weighted by molar-refractivity contribution is 0.673. The molecule has 1 heterocycles. The van der Waals surface area contributed by atoms with Crippen LogP contribution in [0.4, 0.5) is 0 Å². The molecule has 0 unspecified atom stereocenters. The summed E-state index contributed by atoms with van der Waals surface area (Å²) in [6.45, 7) is 0. The van der Waals surface area contributed by atoms with Gasteiger partial charge in [0.2, 0.25) is 0 Å². The van der Waals surface area contributed by atoms with Gasteiger partial charge in [0.15, 0.2) is 0 Å². The molecule has 10 aromatic rings. The first kappa shape index (κ1) is 16.2. The predicted molar refractivity (Wildman–Crippen MR) is 192 cm³/mol. The van der Waals surface area contributed by atoms with Crippen molar-refractivity contribution in [3.63, 3.8) is 0 Å². The largest absolute Gasteiger partial charge is 0.455 e. The van der Waals surface area contributed by atoms with Gasteiger partial charge in [-0.25, -0.2) is 0 Å². The molecule has 1 nitrogen and oxygen atoms in total. The van der Waals surface area contributed by atoms with Crippen LogP contribution >= 0.6 is 0 Å². The summed E-state index contributed by atoms with van der Waals surface area (Å²) in [6, 6.07) is 24.3. The van der Waals surface area contributed by atoms with Gasteiger partial charge in [-0.1, -0.05) is 127 Å². The van der Waals surface area contributed by atoms with E-state index in [-0.39, 0.29) is 37.9 Å². The lowest BCUT2D eigenvalue weighted by atomic mass is 9.89. The summed E-state index contributed by atoms with van der Waals surface area (Å²) >= 11 is 0. The molecule has 0 aliphatic rings. The normalized spacial score (nSPS) is 15.4. The smallest absolute Gasteiger partial charge is 0.143 e. The third kappa shape index (κ3) is 3.62. The van der Waals surface area contributed by atoms with Crippen LogP contribution < -0.4 is 0 Å². The lowest BCUT2D eigenvalue weighted by Gasteiger charge is -2.15. The number of benzene rings is 9. The summed E-state index contributed by atoms with van der Waals surface area (Å²) in [5.74, 6) is 0. The van der Waals surface area contributed by atoms with Gasteiger partial charge in [-0.15, -0.1) is 0 Å². The molecule has 0 atom stereocenters. The Morgan fingerprint density at radius 3 is 2.11 bits per heavy atom. The number of fused-ring (bicyclic) bond motifs is 10. The van der Waals surface area contributed by atoms with Gasteiger partial charge >= 0.3 is 0 Å². The quantitative estimate of drug-likeness (QED) is 0.146. The molecule has 208 valence electrons. The minimum Gasteiger partial charge on any atom is -0.455 e. The summed E-state index contributed by atoms with van der Waals surface area (Å²) in [7, 11) is 0. The van der Waals surface area contributed by atoms with Crippen molar-refractivity contribution in [1.29, 1.82) is 0 Å². The summed E-state index contributed by atoms with van der Waals surface area (Å²) in [5.41, 5.74) is 4.15. The average Bonchev–Trinajstić information content (AvgIpc) is 3.61. The molecule has 0 N–H and O–H groups in total. The third-order valence-corrected chi connectivity index (χ3v) is 8.76. The maximum atomic E-state index is 9.36. The molecule has 10 rings (SSSR count). The van der Waals surface area contributed by atoms with Crippen LogP contribution in [0.25, 0.3) is 98.1 Å². The van der Waals surface area contributed by atoms with Gasteiger partial charge in [0.1, 0.15) is 11.2 Å². The van der Waals surface area contributed by atoms with Crippen LogP contribution in [0.5, 0.6) is 0 Å². The van der Waals surface area contributed by atoms with Crippen LogP contribution in [0.3, 0.4) is 0 Å². The second-order valence-electron chi connectivity index (χ2n) is 11.2. The second kappa shape index (κ2) is 9.29. The number of rotatable bonds is 2. The first-order chi connectivity index (χ1) is 26.9. The Bertz CT molecular complexity index is 3440. The molecule has 0 saturated heterocycles. The molecule has 1 heteroatoms. The fraction of sp³-hybridized carbons (Fsp3) is 0. The Morgan fingerprint density at radius 2 is 1.20 bits per heavy atom. The van der Waals surface area contributed by atoms with Crippen molar-refractivity contribution in [1.82, 2.24) is 0 Å². The van der Waals surface area contributed by atoms with Crippen molar-refractivity contribution in [2.75, 3.05) is 0 Å². The van der Waals surface area contributed by atoms with Crippen LogP contribution in [0.2, 0.25) is 0 Å². The fourth-order valence-electron chi connectivity index (χ4n) is 6.71. The zero-order chi connectivity index (χ0) is 39.1. The van der Waals surface area contributed by atoms with Gasteiger partial charge in [-0.05, 0) is 101 Å². The number of furan rings is 1. The van der Waals surface area contributed by atoms with E-state index in [2.05, 4.69) is 36.4 Å². The number of hydrogen-bond donors (Lipinski definition) is 0. The molecule has 0 amide bonds. The van der Waals surface area contributed by atoms with Gasteiger partial charge in [-0.3, -0.25) is 0 Å². The minimum absolute atomic E-state index is 0.00271. The highest BCUT2D eigenvalue weighted by Crippen LogP contribution is 2.42. The molecule has 0 saturated carbocycles. The molecule has 0 aliphatic heterocycles. The standard InChI is InChI=1S/C44H26O/c1-4-11-34-27(8-1)20-22-38-40(34)26-31-10-3-5-12-35(31)42(38)33-19-17-29-24-32(18-16-30(29)25-33)36-14-7-15-41-43(36)39-23-21-28-9-2-6-13-37(28)44(39)45-41/h1-26H/i1D,3D,4D,5D,8D,10D,11D,12D,20D,22D,26D. The topological polar surface area (TPSA) is 13.1 Å². The Balaban J connectivity index is 1.27. The van der Waals surface area contributed by atoms with Gasteiger partial charge < -0.3 is 4.42 Å². The number of hydrogen-bond acceptors (Lipinski definition) is 1. The predicted octanol–water partition coefficient (Wildman–Crippen LogP) is 12.7. The summed E-state index contributed by atoms with van der Waals surface area (Å²) in [5, 5.41) is 5.14. The maximum Gasteiger partial charge on any atom is 0.143 e. The zero-order valence-electron chi connectivity index (χ0n) is 34.6. The molecular weight excluding hydrogens is 544 g/mol. The molecule has 45 heavy (non-hydrogen) atoms. The monoisotopic (exact) mass is 581 g/mol. The molecule has 0 spiro atoms. The lowest BCUT2D eigenvalue weighted by Crippen LogP contribution is -1.88. The fourth-order valence-corrected chi connectivity index (χ4v) is 6.71. The van der Waals surface area contributed by atoms with Crippen molar-refractivity contribution < 1.29 is 19.5 Å². The Kier molecular flexibility index (Phi) is 3.35. The Labute approximate surface area is 275 Å². The first-order valence-corrected chi connectivity index (χ1v) is 14.6. The SMILES string of the molecule is [2H]c1c([2H])c([2H])c2c([2H])c3c(c([2H])c([2H])c4c([2H])c([2H])c([2H])c([2H])c43)c(-c3ccc4cc(-c5cccc6oc7c8ccccc8ccc7c56)ccc4c3)c2c1[2H]. The highest BCUT2D eigenvalue weighted by atomic mass is 16.3. The van der Waals surface area contributed by atoms with E-state index < -0.39 is 66.5 Å². The van der Waals surface area contributed by atoms with Gasteiger partial charge in [0.25, 0.3) is 0 Å². The molecule has 0 radical (unpaired) electrons. The molecule has 0 bridgehead atoms. The van der Waals surface area contributed by atoms with E-state index >= 15 is 0 Å². The van der Waals surface area contributed by atoms with E-state index in [1.54, 1.807) is 6.07 Å². The van der Waals surface area contributed by atoms with Crippen molar-refractivity contribution in [2.45, 2.75) is 0 Å².